The van der Waals surface area contributed by atoms with Crippen LogP contribution in [-0.2, 0) is 14.3 Å². The van der Waals surface area contributed by atoms with Gasteiger partial charge in [0.25, 0.3) is 0 Å². The van der Waals surface area contributed by atoms with E-state index >= 15 is 0 Å². The first-order valence-electron chi connectivity index (χ1n) is 8.59. The minimum absolute atomic E-state index is 0.110. The highest BCUT2D eigenvalue weighted by Crippen LogP contribution is 2.12. The summed E-state index contributed by atoms with van der Waals surface area (Å²) in [6.45, 7) is 2.39. The van der Waals surface area contributed by atoms with Gasteiger partial charge in [-0.3, -0.25) is 4.79 Å². The van der Waals surface area contributed by atoms with Crippen molar-refractivity contribution in [1.29, 1.82) is 0 Å². The monoisotopic (exact) mass is 347 g/mol. The van der Waals surface area contributed by atoms with Crippen LogP contribution in [0.25, 0.3) is 0 Å². The van der Waals surface area contributed by atoms with Crippen molar-refractivity contribution in [2.75, 3.05) is 27.7 Å². The van der Waals surface area contributed by atoms with Gasteiger partial charge >= 0.3 is 5.97 Å². The van der Waals surface area contributed by atoms with Crippen LogP contribution in [0.2, 0.25) is 0 Å². The number of hydrogen-bond acceptors (Lipinski definition) is 6. The lowest BCUT2D eigenvalue weighted by Gasteiger charge is -2.29. The first-order chi connectivity index (χ1) is 11.0. The molecule has 0 aromatic rings. The number of carbonyl (C=O) groups excluding carboxylic acids is 2. The molecule has 0 aliphatic carbocycles. The average molecular weight is 347 g/mol. The molecule has 142 valence electrons. The Hall–Kier alpha value is -1.18. The topological polar surface area (TPSA) is 107 Å². The molecule has 0 heterocycles. The molecule has 0 saturated heterocycles. The number of quaternary nitrogens is 1. The van der Waals surface area contributed by atoms with Crippen LogP contribution in [-0.4, -0.2) is 72.6 Å². The second-order valence-corrected chi connectivity index (χ2v) is 7.40. The highest BCUT2D eigenvalue weighted by Gasteiger charge is 2.24. The molecule has 7 heteroatoms. The van der Waals surface area contributed by atoms with Crippen LogP contribution in [0.1, 0.15) is 51.9 Å². The third-order valence-corrected chi connectivity index (χ3v) is 3.53. The second kappa shape index (κ2) is 11.4. The Kier molecular flexibility index (Phi) is 10.8. The van der Waals surface area contributed by atoms with Crippen molar-refractivity contribution in [2.45, 2.75) is 70.2 Å². The Labute approximate surface area is 144 Å². The number of carboxylic acid groups (broad SMARTS) is 1. The highest BCUT2D eigenvalue weighted by atomic mass is 16.5. The minimum atomic E-state index is -1.28. The fraction of sp³-hybridized carbons (Fsp3) is 0.882. The Balaban J connectivity index is 4.32. The van der Waals surface area contributed by atoms with Crippen LogP contribution in [0.4, 0.5) is 0 Å². The lowest BCUT2D eigenvalue weighted by atomic mass is 10.0. The SMILES string of the molecule is CCCCCC(O)CC(O)CC(=O)OC(CC(=O)[O-])C[N+](C)(C)C. The van der Waals surface area contributed by atoms with Gasteiger partial charge < -0.3 is 29.3 Å². The van der Waals surface area contributed by atoms with Crippen LogP contribution in [0, 0.1) is 0 Å². The molecule has 3 atom stereocenters. The van der Waals surface area contributed by atoms with Gasteiger partial charge in [0, 0.05) is 12.4 Å². The van der Waals surface area contributed by atoms with Crippen LogP contribution in [0.5, 0.6) is 0 Å². The molecule has 0 radical (unpaired) electrons. The van der Waals surface area contributed by atoms with Crippen molar-refractivity contribution >= 4 is 11.9 Å². The maximum Gasteiger partial charge on any atom is 0.308 e. The van der Waals surface area contributed by atoms with Gasteiger partial charge in [0.2, 0.25) is 0 Å². The largest absolute Gasteiger partial charge is 0.550 e. The Morgan fingerprint density at radius 1 is 1.08 bits per heavy atom. The van der Waals surface area contributed by atoms with Crippen LogP contribution in [0.15, 0.2) is 0 Å². The molecule has 0 aliphatic rings. The number of esters is 1. The fourth-order valence-electron chi connectivity index (χ4n) is 2.51. The molecular formula is C17H33NO6. The molecule has 0 aliphatic heterocycles. The number of aliphatic hydroxyl groups excluding tert-OH is 2. The maximum absolute atomic E-state index is 11.9. The van der Waals surface area contributed by atoms with Crippen molar-refractivity contribution in [2.24, 2.45) is 0 Å². The number of likely N-dealkylation sites (N-methyl/N-ethyl adjacent to an activating group) is 1. The van der Waals surface area contributed by atoms with Gasteiger partial charge in [-0.15, -0.1) is 0 Å². The van der Waals surface area contributed by atoms with Gasteiger partial charge in [-0.1, -0.05) is 26.2 Å². The Morgan fingerprint density at radius 2 is 1.71 bits per heavy atom. The first-order valence-corrected chi connectivity index (χ1v) is 8.59. The summed E-state index contributed by atoms with van der Waals surface area (Å²) < 4.78 is 5.61. The minimum Gasteiger partial charge on any atom is -0.550 e. The van der Waals surface area contributed by atoms with Gasteiger partial charge in [-0.05, 0) is 12.8 Å². The molecule has 0 saturated carbocycles. The third kappa shape index (κ3) is 13.3. The Morgan fingerprint density at radius 3 is 2.21 bits per heavy atom. The summed E-state index contributed by atoms with van der Waals surface area (Å²) >= 11 is 0. The second-order valence-electron chi connectivity index (χ2n) is 7.40. The summed E-state index contributed by atoms with van der Waals surface area (Å²) in [6, 6.07) is 0. The molecule has 0 aromatic heterocycles. The van der Waals surface area contributed by atoms with E-state index in [2.05, 4.69) is 6.92 Å². The van der Waals surface area contributed by atoms with E-state index in [4.69, 9.17) is 4.74 Å². The number of hydrogen-bond donors (Lipinski definition) is 2. The van der Waals surface area contributed by atoms with E-state index in [0.717, 1.165) is 19.3 Å². The zero-order chi connectivity index (χ0) is 18.8. The summed E-state index contributed by atoms with van der Waals surface area (Å²) in [7, 11) is 5.58. The quantitative estimate of drug-likeness (QED) is 0.272. The van der Waals surface area contributed by atoms with Gasteiger partial charge in [-0.25, -0.2) is 0 Å². The summed E-state index contributed by atoms with van der Waals surface area (Å²) in [5.74, 6) is -1.95. The first kappa shape index (κ1) is 22.8. The van der Waals surface area contributed by atoms with Crippen LogP contribution < -0.4 is 5.11 Å². The van der Waals surface area contributed by atoms with E-state index in [-0.39, 0.29) is 19.3 Å². The van der Waals surface area contributed by atoms with Gasteiger partial charge in [-0.2, -0.15) is 0 Å². The smallest absolute Gasteiger partial charge is 0.308 e. The predicted molar refractivity (Wildman–Crippen MR) is 87.8 cm³/mol. The maximum atomic E-state index is 11.9. The van der Waals surface area contributed by atoms with Crippen molar-refractivity contribution in [1.82, 2.24) is 0 Å². The van der Waals surface area contributed by atoms with Crippen molar-refractivity contribution < 1.29 is 34.1 Å². The number of ether oxygens (including phenoxy) is 1. The molecule has 0 fully saturated rings. The normalized spacial score (nSPS) is 15.6. The fourth-order valence-corrected chi connectivity index (χ4v) is 2.51. The van der Waals surface area contributed by atoms with Gasteiger partial charge in [0.1, 0.15) is 6.54 Å². The van der Waals surface area contributed by atoms with E-state index in [1.54, 1.807) is 0 Å². The molecule has 7 nitrogen and oxygen atoms in total. The molecule has 3 unspecified atom stereocenters. The molecule has 0 rings (SSSR count). The number of unbranched alkanes of at least 4 members (excludes halogenated alkanes) is 2. The lowest BCUT2D eigenvalue weighted by molar-refractivity contribution is -0.873. The molecule has 0 aromatic carbocycles. The van der Waals surface area contributed by atoms with Crippen LogP contribution in [0.3, 0.4) is 0 Å². The summed E-state index contributed by atoms with van der Waals surface area (Å²) in [5.41, 5.74) is 0. The Bertz CT molecular complexity index is 380. The van der Waals surface area contributed by atoms with E-state index in [0.29, 0.717) is 17.4 Å². The highest BCUT2D eigenvalue weighted by molar-refractivity contribution is 5.71. The van der Waals surface area contributed by atoms with E-state index < -0.39 is 30.3 Å². The molecule has 2 N–H and O–H groups in total. The third-order valence-electron chi connectivity index (χ3n) is 3.53. The zero-order valence-corrected chi connectivity index (χ0v) is 15.4. The zero-order valence-electron chi connectivity index (χ0n) is 15.4. The van der Waals surface area contributed by atoms with E-state index in [9.17, 15) is 24.9 Å². The van der Waals surface area contributed by atoms with Crippen molar-refractivity contribution in [3.8, 4) is 0 Å². The number of nitrogens with zero attached hydrogens (tertiary/aromatic N) is 1. The molecule has 0 bridgehead atoms. The number of rotatable bonds is 13. The van der Waals surface area contributed by atoms with E-state index in [1.165, 1.54) is 0 Å². The van der Waals surface area contributed by atoms with E-state index in [1.807, 2.05) is 21.1 Å². The molecule has 24 heavy (non-hydrogen) atoms. The number of carbonyl (C=O) groups is 2. The predicted octanol–water partition coefficient (Wildman–Crippen LogP) is -0.173. The number of aliphatic carboxylic acids is 1. The van der Waals surface area contributed by atoms with Crippen molar-refractivity contribution in [3.05, 3.63) is 0 Å². The number of carboxylic acids is 1. The molecular weight excluding hydrogens is 314 g/mol. The standard InChI is InChI=1S/C17H33NO6/c1-5-6-7-8-13(19)9-14(20)10-17(23)24-15(11-16(21)22)12-18(2,3)4/h13-15,19-20H,5-12H2,1-4H3. The summed E-state index contributed by atoms with van der Waals surface area (Å²) in [5, 5.41) is 30.5. The van der Waals surface area contributed by atoms with Gasteiger partial charge in [0.15, 0.2) is 6.10 Å². The van der Waals surface area contributed by atoms with Crippen molar-refractivity contribution in [3.63, 3.8) is 0 Å². The van der Waals surface area contributed by atoms with Gasteiger partial charge in [0.05, 0.1) is 39.8 Å². The van der Waals surface area contributed by atoms with Crippen LogP contribution >= 0.6 is 0 Å². The summed E-state index contributed by atoms with van der Waals surface area (Å²) in [4.78, 5) is 22.7. The number of aliphatic hydroxyl groups is 2. The lowest BCUT2D eigenvalue weighted by Crippen LogP contribution is -2.45. The molecule has 0 amide bonds. The summed E-state index contributed by atoms with van der Waals surface area (Å²) in [6.07, 6.45) is 0.567. The molecule has 0 spiro atoms. The average Bonchev–Trinajstić information content (AvgIpc) is 2.35.